The van der Waals surface area contributed by atoms with Gasteiger partial charge in [0.25, 0.3) is 0 Å². The van der Waals surface area contributed by atoms with Gasteiger partial charge in [0.05, 0.1) is 19.6 Å². The Kier molecular flexibility index (Phi) is 8.12. The van der Waals surface area contributed by atoms with E-state index >= 15 is 0 Å². The second-order valence-corrected chi connectivity index (χ2v) is 7.91. The molecule has 2 saturated carbocycles. The first-order valence-corrected chi connectivity index (χ1v) is 9.85. The van der Waals surface area contributed by atoms with E-state index in [9.17, 15) is 14.4 Å². The molecule has 1 unspecified atom stereocenters. The topological polar surface area (TPSA) is 88.3 Å². The fourth-order valence-electron chi connectivity index (χ4n) is 5.50. The van der Waals surface area contributed by atoms with Crippen molar-refractivity contribution in [3.8, 4) is 0 Å². The molecule has 2 aliphatic carbocycles. The van der Waals surface area contributed by atoms with Crippen LogP contribution in [0.1, 0.15) is 70.6 Å². The van der Waals surface area contributed by atoms with Crippen LogP contribution in [-0.4, -0.2) is 37.9 Å². The van der Waals surface area contributed by atoms with Crippen LogP contribution >= 0.6 is 0 Å². The average Bonchev–Trinajstić information content (AvgIpc) is 3.04. The molecule has 0 spiro atoms. The van der Waals surface area contributed by atoms with Crippen LogP contribution in [0.2, 0.25) is 0 Å². The maximum Gasteiger partial charge on any atom is 0.234 e. The van der Waals surface area contributed by atoms with Crippen LogP contribution in [0, 0.1) is 16.7 Å². The Morgan fingerprint density at radius 1 is 0.654 bits per heavy atom. The zero-order chi connectivity index (χ0) is 18.7. The summed E-state index contributed by atoms with van der Waals surface area (Å²) in [7, 11) is 0. The van der Waals surface area contributed by atoms with E-state index in [1.54, 1.807) is 18.2 Å². The van der Waals surface area contributed by atoms with Crippen LogP contribution in [0.5, 0.6) is 0 Å². The number of nitrogens with zero attached hydrogens (tertiary/aromatic N) is 3. The van der Waals surface area contributed by atoms with E-state index in [0.29, 0.717) is 12.5 Å². The fraction of sp³-hybridized carbons (Fsp3) is 0.850. The molecule has 0 aliphatic heterocycles. The SMILES string of the molecule is O=C=NCC1(CN=C=O)CCCCCC1(CN=C=O)C1CCCCCC1. The summed E-state index contributed by atoms with van der Waals surface area (Å²) in [5.41, 5.74) is -0.736. The van der Waals surface area contributed by atoms with Crippen molar-refractivity contribution in [3.05, 3.63) is 0 Å². The maximum absolute atomic E-state index is 11.0. The molecule has 0 aromatic rings. The highest BCUT2D eigenvalue weighted by Crippen LogP contribution is 2.57. The fourth-order valence-corrected chi connectivity index (χ4v) is 5.50. The van der Waals surface area contributed by atoms with Gasteiger partial charge in [-0.3, -0.25) is 0 Å². The van der Waals surface area contributed by atoms with E-state index in [2.05, 4.69) is 15.0 Å². The number of isocyanates is 3. The zero-order valence-corrected chi connectivity index (χ0v) is 15.5. The van der Waals surface area contributed by atoms with Gasteiger partial charge in [-0.05, 0) is 31.6 Å². The molecule has 0 amide bonds. The van der Waals surface area contributed by atoms with Crippen molar-refractivity contribution in [1.29, 1.82) is 0 Å². The van der Waals surface area contributed by atoms with E-state index in [1.807, 2.05) is 0 Å². The monoisotopic (exact) mass is 359 g/mol. The second kappa shape index (κ2) is 10.3. The lowest BCUT2D eigenvalue weighted by Crippen LogP contribution is -2.52. The molecule has 0 bridgehead atoms. The predicted molar refractivity (Wildman–Crippen MR) is 98.1 cm³/mol. The minimum Gasteiger partial charge on any atom is -0.211 e. The first kappa shape index (κ1) is 20.5. The highest BCUT2D eigenvalue weighted by molar-refractivity contribution is 5.35. The summed E-state index contributed by atoms with van der Waals surface area (Å²) in [6.07, 6.45) is 16.9. The number of aliphatic imine (C=N–C) groups is 3. The van der Waals surface area contributed by atoms with Crippen LogP contribution in [-0.2, 0) is 14.4 Å². The smallest absolute Gasteiger partial charge is 0.211 e. The van der Waals surface area contributed by atoms with Gasteiger partial charge >= 0.3 is 0 Å². The van der Waals surface area contributed by atoms with Gasteiger partial charge in [0.2, 0.25) is 18.2 Å². The van der Waals surface area contributed by atoms with Crippen LogP contribution in [0.15, 0.2) is 15.0 Å². The van der Waals surface area contributed by atoms with Crippen molar-refractivity contribution in [2.75, 3.05) is 19.6 Å². The van der Waals surface area contributed by atoms with Crippen LogP contribution in [0.4, 0.5) is 0 Å². The largest absolute Gasteiger partial charge is 0.234 e. The Bertz CT molecular complexity index is 573. The highest BCUT2D eigenvalue weighted by Gasteiger charge is 2.55. The number of rotatable bonds is 7. The minimum atomic E-state index is -0.451. The standard InChI is InChI=1S/C20H29N3O3/c24-15-21-12-19(13-22-16-25)10-6-3-7-11-20(19,14-23-17-26)18-8-4-1-2-5-9-18/h18H,1-14H2. The van der Waals surface area contributed by atoms with Gasteiger partial charge in [0, 0.05) is 10.8 Å². The number of carbonyl (C=O) groups excluding carboxylic acids is 3. The van der Waals surface area contributed by atoms with E-state index in [0.717, 1.165) is 44.9 Å². The first-order chi connectivity index (χ1) is 12.7. The molecule has 0 radical (unpaired) electrons. The summed E-state index contributed by atoms with van der Waals surface area (Å²) in [5.74, 6) is 0.393. The summed E-state index contributed by atoms with van der Waals surface area (Å²) in [6.45, 7) is 0.947. The Hall–Kier alpha value is -1.86. The lowest BCUT2D eigenvalue weighted by atomic mass is 9.53. The van der Waals surface area contributed by atoms with Crippen molar-refractivity contribution in [1.82, 2.24) is 0 Å². The number of hydrogen-bond acceptors (Lipinski definition) is 6. The Morgan fingerprint density at radius 2 is 1.15 bits per heavy atom. The average molecular weight is 359 g/mol. The highest BCUT2D eigenvalue weighted by atomic mass is 16.1. The third-order valence-electron chi connectivity index (χ3n) is 6.79. The molecule has 6 nitrogen and oxygen atoms in total. The molecular weight excluding hydrogens is 330 g/mol. The third-order valence-corrected chi connectivity index (χ3v) is 6.79. The molecule has 0 saturated heterocycles. The minimum absolute atomic E-state index is 0.284. The lowest BCUT2D eigenvalue weighted by molar-refractivity contribution is -0.0187. The van der Waals surface area contributed by atoms with Crippen LogP contribution in [0.3, 0.4) is 0 Å². The van der Waals surface area contributed by atoms with Crippen molar-refractivity contribution in [3.63, 3.8) is 0 Å². The number of hydrogen-bond donors (Lipinski definition) is 0. The molecule has 0 N–H and O–H groups in total. The van der Waals surface area contributed by atoms with Gasteiger partial charge in [0.1, 0.15) is 0 Å². The van der Waals surface area contributed by atoms with E-state index < -0.39 is 5.41 Å². The molecule has 2 aliphatic rings. The van der Waals surface area contributed by atoms with Crippen molar-refractivity contribution in [2.45, 2.75) is 70.6 Å². The zero-order valence-electron chi connectivity index (χ0n) is 15.5. The van der Waals surface area contributed by atoms with Gasteiger partial charge in [0.15, 0.2) is 0 Å². The molecule has 2 fully saturated rings. The molecule has 0 aromatic carbocycles. The van der Waals surface area contributed by atoms with Crippen molar-refractivity contribution < 1.29 is 14.4 Å². The Labute approximate surface area is 155 Å². The Balaban J connectivity index is 2.57. The van der Waals surface area contributed by atoms with E-state index in [1.165, 1.54) is 25.7 Å². The maximum atomic E-state index is 11.0. The quantitative estimate of drug-likeness (QED) is 0.392. The molecule has 0 heterocycles. The van der Waals surface area contributed by atoms with Crippen LogP contribution in [0.25, 0.3) is 0 Å². The van der Waals surface area contributed by atoms with Gasteiger partial charge in [-0.25, -0.2) is 29.4 Å². The second-order valence-electron chi connectivity index (χ2n) is 7.91. The van der Waals surface area contributed by atoms with Gasteiger partial charge in [-0.2, -0.15) is 0 Å². The third kappa shape index (κ3) is 4.45. The molecule has 1 atom stereocenters. The predicted octanol–water partition coefficient (Wildman–Crippen LogP) is 3.90. The first-order valence-electron chi connectivity index (χ1n) is 9.85. The molecule has 142 valence electrons. The Morgan fingerprint density at radius 3 is 1.73 bits per heavy atom. The molecule has 6 heteroatoms. The van der Waals surface area contributed by atoms with Gasteiger partial charge in [-0.1, -0.05) is 44.9 Å². The van der Waals surface area contributed by atoms with Crippen molar-refractivity contribution >= 4 is 18.2 Å². The van der Waals surface area contributed by atoms with Crippen LogP contribution < -0.4 is 0 Å². The summed E-state index contributed by atoms with van der Waals surface area (Å²) in [4.78, 5) is 44.8. The molecular formula is C20H29N3O3. The normalized spacial score (nSPS) is 30.0. The molecule has 2 rings (SSSR count). The van der Waals surface area contributed by atoms with Gasteiger partial charge in [-0.15, -0.1) is 0 Å². The summed E-state index contributed by atoms with van der Waals surface area (Å²) in [6, 6.07) is 0. The molecule has 0 aromatic heterocycles. The van der Waals surface area contributed by atoms with Crippen molar-refractivity contribution in [2.24, 2.45) is 31.7 Å². The van der Waals surface area contributed by atoms with Gasteiger partial charge < -0.3 is 0 Å². The van der Waals surface area contributed by atoms with E-state index in [4.69, 9.17) is 0 Å². The van der Waals surface area contributed by atoms with E-state index in [-0.39, 0.29) is 18.5 Å². The summed E-state index contributed by atoms with van der Waals surface area (Å²) in [5, 5.41) is 0. The molecule has 26 heavy (non-hydrogen) atoms. The lowest BCUT2D eigenvalue weighted by Gasteiger charge is -2.52. The summed E-state index contributed by atoms with van der Waals surface area (Å²) < 4.78 is 0. The summed E-state index contributed by atoms with van der Waals surface area (Å²) >= 11 is 0.